The van der Waals surface area contributed by atoms with Gasteiger partial charge in [0, 0.05) is 0 Å². The lowest BCUT2D eigenvalue weighted by atomic mass is 10.0. The molecule has 0 saturated heterocycles. The number of hydrogen-bond acceptors (Lipinski definition) is 5. The van der Waals surface area contributed by atoms with E-state index in [4.69, 9.17) is 14.6 Å². The summed E-state index contributed by atoms with van der Waals surface area (Å²) in [7, 11) is 0. The molecule has 0 radical (unpaired) electrons. The number of aromatic carboxylic acids is 1. The molecule has 0 unspecified atom stereocenters. The van der Waals surface area contributed by atoms with Gasteiger partial charge >= 0.3 is 17.9 Å². The Labute approximate surface area is 109 Å². The molecule has 0 bridgehead atoms. The second kappa shape index (κ2) is 6.53. The predicted molar refractivity (Wildman–Crippen MR) is 65.3 cm³/mol. The Morgan fingerprint density at radius 3 is 1.74 bits per heavy atom. The van der Waals surface area contributed by atoms with Crippen molar-refractivity contribution < 1.29 is 29.0 Å². The number of carbonyl (C=O) groups is 3. The molecule has 0 amide bonds. The van der Waals surface area contributed by atoms with Crippen LogP contribution in [0, 0.1) is 0 Å². The molecule has 0 aromatic heterocycles. The van der Waals surface area contributed by atoms with E-state index in [0.717, 1.165) is 0 Å². The number of carbonyl (C=O) groups excluding carboxylic acids is 2. The Hall–Kier alpha value is -2.37. The summed E-state index contributed by atoms with van der Waals surface area (Å²) in [5.74, 6) is -2.95. The zero-order chi connectivity index (χ0) is 14.4. The highest BCUT2D eigenvalue weighted by molar-refractivity contribution is 6.09. The predicted octanol–water partition coefficient (Wildman–Crippen LogP) is 1.74. The van der Waals surface area contributed by atoms with Gasteiger partial charge in [-0.3, -0.25) is 0 Å². The maximum atomic E-state index is 11.7. The van der Waals surface area contributed by atoms with Crippen LogP contribution in [0.25, 0.3) is 0 Å². The van der Waals surface area contributed by atoms with Crippen LogP contribution in [0.15, 0.2) is 18.2 Å². The zero-order valence-corrected chi connectivity index (χ0v) is 10.6. The van der Waals surface area contributed by atoms with Gasteiger partial charge in [-0.2, -0.15) is 0 Å². The molecule has 1 aromatic rings. The fourth-order valence-electron chi connectivity index (χ4n) is 1.54. The van der Waals surface area contributed by atoms with E-state index in [1.54, 1.807) is 13.8 Å². The van der Waals surface area contributed by atoms with Gasteiger partial charge in [0.2, 0.25) is 0 Å². The van der Waals surface area contributed by atoms with Gasteiger partial charge in [-0.25, -0.2) is 14.4 Å². The van der Waals surface area contributed by atoms with Crippen LogP contribution < -0.4 is 0 Å². The van der Waals surface area contributed by atoms with Crippen molar-refractivity contribution in [3.63, 3.8) is 0 Å². The molecule has 0 saturated carbocycles. The fraction of sp³-hybridized carbons (Fsp3) is 0.308. The molecule has 0 atom stereocenters. The van der Waals surface area contributed by atoms with Gasteiger partial charge in [0.25, 0.3) is 0 Å². The molecule has 1 N–H and O–H groups in total. The molecule has 0 aliphatic carbocycles. The van der Waals surface area contributed by atoms with Crippen molar-refractivity contribution >= 4 is 17.9 Å². The van der Waals surface area contributed by atoms with E-state index >= 15 is 0 Å². The van der Waals surface area contributed by atoms with E-state index in [2.05, 4.69) is 0 Å². The molecule has 0 fully saturated rings. The molecule has 0 heterocycles. The molecule has 6 heteroatoms. The maximum absolute atomic E-state index is 11.7. The standard InChI is InChI=1S/C13H14O6/c1-3-18-12(16)8-6-5-7-9(10(8)11(14)15)13(17)19-4-2/h5-7H,3-4H2,1-2H3,(H,14,15). The molecule has 0 aliphatic rings. The van der Waals surface area contributed by atoms with Crippen LogP contribution in [0.4, 0.5) is 0 Å². The van der Waals surface area contributed by atoms with E-state index in [-0.39, 0.29) is 24.3 Å². The summed E-state index contributed by atoms with van der Waals surface area (Å²) in [5.41, 5.74) is -0.737. The average molecular weight is 266 g/mol. The quantitative estimate of drug-likeness (QED) is 0.816. The smallest absolute Gasteiger partial charge is 0.339 e. The van der Waals surface area contributed by atoms with Crippen molar-refractivity contribution in [1.82, 2.24) is 0 Å². The first kappa shape index (κ1) is 14.7. The van der Waals surface area contributed by atoms with E-state index in [1.165, 1.54) is 18.2 Å². The molecule has 0 aliphatic heterocycles. The molecule has 19 heavy (non-hydrogen) atoms. The molecular weight excluding hydrogens is 252 g/mol. The molecule has 6 nitrogen and oxygen atoms in total. The largest absolute Gasteiger partial charge is 0.478 e. The minimum atomic E-state index is -1.38. The van der Waals surface area contributed by atoms with Gasteiger partial charge in [-0.1, -0.05) is 6.07 Å². The lowest BCUT2D eigenvalue weighted by molar-refractivity contribution is 0.0503. The third kappa shape index (κ3) is 3.31. The van der Waals surface area contributed by atoms with Crippen LogP contribution in [0.2, 0.25) is 0 Å². The highest BCUT2D eigenvalue weighted by atomic mass is 16.5. The number of rotatable bonds is 5. The van der Waals surface area contributed by atoms with Gasteiger partial charge < -0.3 is 14.6 Å². The Morgan fingerprint density at radius 2 is 1.42 bits per heavy atom. The van der Waals surface area contributed by atoms with Crippen molar-refractivity contribution in [2.24, 2.45) is 0 Å². The summed E-state index contributed by atoms with van der Waals surface area (Å²) < 4.78 is 9.52. The molecule has 0 spiro atoms. The summed E-state index contributed by atoms with van der Waals surface area (Å²) in [6, 6.07) is 4.00. The van der Waals surface area contributed by atoms with Crippen molar-refractivity contribution in [1.29, 1.82) is 0 Å². The highest BCUT2D eigenvalue weighted by Crippen LogP contribution is 2.17. The van der Waals surface area contributed by atoms with Crippen LogP contribution in [-0.2, 0) is 9.47 Å². The third-order valence-corrected chi connectivity index (χ3v) is 2.27. The fourth-order valence-corrected chi connectivity index (χ4v) is 1.54. The van der Waals surface area contributed by atoms with Gasteiger partial charge in [0.05, 0.1) is 29.9 Å². The zero-order valence-electron chi connectivity index (χ0n) is 10.6. The van der Waals surface area contributed by atoms with Gasteiger partial charge in [0.1, 0.15) is 0 Å². The lowest BCUT2D eigenvalue weighted by Crippen LogP contribution is -2.17. The maximum Gasteiger partial charge on any atom is 0.339 e. The van der Waals surface area contributed by atoms with Crippen molar-refractivity contribution in [3.05, 3.63) is 34.9 Å². The summed E-state index contributed by atoms with van der Waals surface area (Å²) >= 11 is 0. The van der Waals surface area contributed by atoms with E-state index < -0.39 is 23.5 Å². The van der Waals surface area contributed by atoms with Crippen LogP contribution >= 0.6 is 0 Å². The summed E-state index contributed by atoms with van der Waals surface area (Å²) in [6.07, 6.45) is 0. The van der Waals surface area contributed by atoms with Gasteiger partial charge in [-0.05, 0) is 26.0 Å². The minimum absolute atomic E-state index is 0.113. The first-order chi connectivity index (χ1) is 9.02. The molecule has 102 valence electrons. The monoisotopic (exact) mass is 266 g/mol. The van der Waals surface area contributed by atoms with Crippen LogP contribution in [0.5, 0.6) is 0 Å². The number of ether oxygens (including phenoxy) is 2. The Balaban J connectivity index is 3.33. The highest BCUT2D eigenvalue weighted by Gasteiger charge is 2.25. The summed E-state index contributed by atoms with van der Waals surface area (Å²) in [5, 5.41) is 9.17. The molecule has 1 rings (SSSR count). The lowest BCUT2D eigenvalue weighted by Gasteiger charge is -2.10. The number of esters is 2. The third-order valence-electron chi connectivity index (χ3n) is 2.27. The van der Waals surface area contributed by atoms with Crippen molar-refractivity contribution in [3.8, 4) is 0 Å². The Bertz CT molecular complexity index is 470. The van der Waals surface area contributed by atoms with Gasteiger partial charge in [-0.15, -0.1) is 0 Å². The molecular formula is C13H14O6. The van der Waals surface area contributed by atoms with E-state index in [9.17, 15) is 14.4 Å². The number of hydrogen-bond donors (Lipinski definition) is 1. The van der Waals surface area contributed by atoms with Crippen molar-refractivity contribution in [2.45, 2.75) is 13.8 Å². The first-order valence-corrected chi connectivity index (χ1v) is 5.73. The van der Waals surface area contributed by atoms with Crippen molar-refractivity contribution in [2.75, 3.05) is 13.2 Å². The number of carboxylic acids is 1. The summed E-state index contributed by atoms with van der Waals surface area (Å²) in [6.45, 7) is 3.43. The topological polar surface area (TPSA) is 89.9 Å². The van der Waals surface area contributed by atoms with Crippen LogP contribution in [0.1, 0.15) is 44.9 Å². The number of benzene rings is 1. The average Bonchev–Trinajstić information content (AvgIpc) is 2.38. The second-order valence-corrected chi connectivity index (χ2v) is 3.47. The number of carboxylic acid groups (broad SMARTS) is 1. The van der Waals surface area contributed by atoms with Gasteiger partial charge in [0.15, 0.2) is 0 Å². The Kier molecular flexibility index (Phi) is 5.05. The SMILES string of the molecule is CCOC(=O)c1cccc(C(=O)OCC)c1C(=O)O. The first-order valence-electron chi connectivity index (χ1n) is 5.73. The van der Waals surface area contributed by atoms with E-state index in [0.29, 0.717) is 0 Å². The van der Waals surface area contributed by atoms with E-state index in [1.807, 2.05) is 0 Å². The second-order valence-electron chi connectivity index (χ2n) is 3.47. The Morgan fingerprint density at radius 1 is 1.00 bits per heavy atom. The minimum Gasteiger partial charge on any atom is -0.478 e. The summed E-state index contributed by atoms with van der Waals surface area (Å²) in [4.78, 5) is 34.6. The van der Waals surface area contributed by atoms with Crippen LogP contribution in [0.3, 0.4) is 0 Å². The molecule has 1 aromatic carbocycles. The normalized spacial score (nSPS) is 9.79. The van der Waals surface area contributed by atoms with Crippen LogP contribution in [-0.4, -0.2) is 36.2 Å².